The van der Waals surface area contributed by atoms with Crippen LogP contribution in [-0.4, -0.2) is 22.5 Å². The first-order valence-corrected chi connectivity index (χ1v) is 9.36. The number of rotatable bonds is 4. The van der Waals surface area contributed by atoms with Crippen molar-refractivity contribution < 1.29 is 14.0 Å². The Morgan fingerprint density at radius 2 is 2.00 bits per heavy atom. The molecule has 0 bridgehead atoms. The lowest BCUT2D eigenvalue weighted by atomic mass is 10.0. The van der Waals surface area contributed by atoms with Gasteiger partial charge in [0.1, 0.15) is 0 Å². The molecule has 27 heavy (non-hydrogen) atoms. The summed E-state index contributed by atoms with van der Waals surface area (Å²) < 4.78 is 5.27. The van der Waals surface area contributed by atoms with Crippen LogP contribution >= 0.6 is 11.3 Å². The average molecular weight is 379 g/mol. The topological polar surface area (TPSA) is 74.9 Å². The highest BCUT2D eigenvalue weighted by atomic mass is 32.1. The van der Waals surface area contributed by atoms with Crippen molar-refractivity contribution in [3.8, 4) is 0 Å². The van der Waals surface area contributed by atoms with Gasteiger partial charge in [0, 0.05) is 23.9 Å². The fourth-order valence-corrected chi connectivity index (χ4v) is 3.85. The predicted octanol–water partition coefficient (Wildman–Crippen LogP) is 4.29. The normalized spacial score (nSPS) is 16.3. The number of furan rings is 1. The lowest BCUT2D eigenvalue weighted by molar-refractivity contribution is -0.114. The van der Waals surface area contributed by atoms with Crippen LogP contribution in [0.2, 0.25) is 0 Å². The molecule has 0 spiro atoms. The van der Waals surface area contributed by atoms with Gasteiger partial charge in [-0.3, -0.25) is 9.59 Å². The molecular formula is C20H17N3O3S. The monoisotopic (exact) mass is 379 g/mol. The predicted molar refractivity (Wildman–Crippen MR) is 104 cm³/mol. The number of carbonyl (C=O) groups excluding carboxylic acids is 2. The van der Waals surface area contributed by atoms with E-state index in [1.807, 2.05) is 41.8 Å². The van der Waals surface area contributed by atoms with Crippen LogP contribution in [0.4, 0.5) is 5.69 Å². The lowest BCUT2D eigenvalue weighted by Crippen LogP contribution is -2.26. The molecule has 3 heterocycles. The summed E-state index contributed by atoms with van der Waals surface area (Å²) in [7, 11) is 0. The number of nitrogens with zero attached hydrogens (tertiary/aromatic N) is 2. The summed E-state index contributed by atoms with van der Waals surface area (Å²) in [6.07, 6.45) is 2.10. The minimum absolute atomic E-state index is 0.117. The summed E-state index contributed by atoms with van der Waals surface area (Å²) in [6.45, 7) is 1.47. The molecule has 0 saturated heterocycles. The Labute approximate surface area is 160 Å². The van der Waals surface area contributed by atoms with Gasteiger partial charge in [0.15, 0.2) is 5.76 Å². The standard InChI is InChI=1S/C20H17N3O3S/c1-13(24)21-15-8-6-14(7-9-15)16-12-17(19-5-3-11-27-19)23(22-16)20(25)18-4-2-10-26-18/h2-11,17H,12H2,1H3,(H,21,24)/t17-/m1/s1. The molecule has 1 atom stereocenters. The molecule has 2 amide bonds. The van der Waals surface area contributed by atoms with Crippen molar-refractivity contribution >= 4 is 34.6 Å². The van der Waals surface area contributed by atoms with Crippen LogP contribution in [0.3, 0.4) is 0 Å². The fourth-order valence-electron chi connectivity index (χ4n) is 3.04. The second-order valence-corrected chi connectivity index (χ2v) is 7.15. The van der Waals surface area contributed by atoms with E-state index in [2.05, 4.69) is 10.4 Å². The van der Waals surface area contributed by atoms with Crippen LogP contribution in [0.5, 0.6) is 0 Å². The van der Waals surface area contributed by atoms with Gasteiger partial charge in [0.2, 0.25) is 5.91 Å². The lowest BCUT2D eigenvalue weighted by Gasteiger charge is -2.19. The van der Waals surface area contributed by atoms with Gasteiger partial charge in [-0.2, -0.15) is 5.10 Å². The van der Waals surface area contributed by atoms with Gasteiger partial charge in [0.25, 0.3) is 0 Å². The molecule has 0 saturated carbocycles. The quantitative estimate of drug-likeness (QED) is 0.735. The zero-order valence-corrected chi connectivity index (χ0v) is 15.4. The first-order valence-electron chi connectivity index (χ1n) is 8.48. The van der Waals surface area contributed by atoms with E-state index in [1.165, 1.54) is 18.2 Å². The smallest absolute Gasteiger partial charge is 0.310 e. The van der Waals surface area contributed by atoms with Gasteiger partial charge in [0.05, 0.1) is 18.0 Å². The number of hydrazone groups is 1. The van der Waals surface area contributed by atoms with Crippen LogP contribution in [0.25, 0.3) is 0 Å². The van der Waals surface area contributed by atoms with Gasteiger partial charge >= 0.3 is 5.91 Å². The second-order valence-electron chi connectivity index (χ2n) is 6.17. The molecule has 3 aromatic rings. The first kappa shape index (κ1) is 17.2. The fraction of sp³-hybridized carbons (Fsp3) is 0.150. The molecule has 136 valence electrons. The van der Waals surface area contributed by atoms with Crippen LogP contribution in [0.1, 0.15) is 40.4 Å². The van der Waals surface area contributed by atoms with E-state index < -0.39 is 0 Å². The van der Waals surface area contributed by atoms with Crippen molar-refractivity contribution in [2.24, 2.45) is 5.10 Å². The molecule has 1 aliphatic rings. The summed E-state index contributed by atoms with van der Waals surface area (Å²) in [5.74, 6) is -0.111. The molecule has 1 aromatic carbocycles. The average Bonchev–Trinajstić information content (AvgIpc) is 3.41. The maximum Gasteiger partial charge on any atom is 0.310 e. The molecule has 0 radical (unpaired) electrons. The maximum absolute atomic E-state index is 12.8. The van der Waals surface area contributed by atoms with Crippen molar-refractivity contribution in [1.82, 2.24) is 5.01 Å². The van der Waals surface area contributed by atoms with Crippen molar-refractivity contribution in [1.29, 1.82) is 0 Å². The van der Waals surface area contributed by atoms with E-state index in [1.54, 1.807) is 23.5 Å². The molecule has 7 heteroatoms. The van der Waals surface area contributed by atoms with Gasteiger partial charge in [-0.25, -0.2) is 5.01 Å². The third-order valence-corrected chi connectivity index (χ3v) is 5.23. The van der Waals surface area contributed by atoms with Crippen molar-refractivity contribution in [3.63, 3.8) is 0 Å². The number of benzene rings is 1. The third-order valence-electron chi connectivity index (χ3n) is 4.26. The summed E-state index contributed by atoms with van der Waals surface area (Å²) >= 11 is 1.60. The van der Waals surface area contributed by atoms with Crippen molar-refractivity contribution in [2.45, 2.75) is 19.4 Å². The second kappa shape index (κ2) is 7.20. The molecule has 0 unspecified atom stereocenters. The third kappa shape index (κ3) is 3.54. The largest absolute Gasteiger partial charge is 0.459 e. The van der Waals surface area contributed by atoms with E-state index in [0.717, 1.165) is 21.8 Å². The van der Waals surface area contributed by atoms with Gasteiger partial charge in [-0.1, -0.05) is 18.2 Å². The van der Waals surface area contributed by atoms with Gasteiger partial charge in [-0.15, -0.1) is 11.3 Å². The van der Waals surface area contributed by atoms with Gasteiger partial charge in [-0.05, 0) is 41.3 Å². The highest BCUT2D eigenvalue weighted by molar-refractivity contribution is 7.10. The van der Waals surface area contributed by atoms with Crippen LogP contribution in [-0.2, 0) is 4.79 Å². The number of nitrogens with one attached hydrogen (secondary N) is 1. The number of amides is 2. The molecule has 1 aliphatic heterocycles. The molecule has 4 rings (SSSR count). The zero-order valence-electron chi connectivity index (χ0n) is 14.6. The Hall–Kier alpha value is -3.19. The van der Waals surface area contributed by atoms with E-state index >= 15 is 0 Å². The number of hydrogen-bond acceptors (Lipinski definition) is 5. The summed E-state index contributed by atoms with van der Waals surface area (Å²) in [6, 6.07) is 14.6. The number of thiophene rings is 1. The molecule has 6 nitrogen and oxygen atoms in total. The molecule has 0 aliphatic carbocycles. The Kier molecular flexibility index (Phi) is 4.60. The zero-order chi connectivity index (χ0) is 18.8. The number of hydrogen-bond donors (Lipinski definition) is 1. The van der Waals surface area contributed by atoms with Crippen LogP contribution in [0, 0.1) is 0 Å². The molecule has 2 aromatic heterocycles. The highest BCUT2D eigenvalue weighted by Crippen LogP contribution is 2.36. The summed E-state index contributed by atoms with van der Waals surface area (Å²) in [5, 5.41) is 10.8. The Morgan fingerprint density at radius 1 is 1.19 bits per heavy atom. The molecule has 1 N–H and O–H groups in total. The number of carbonyl (C=O) groups is 2. The minimum Gasteiger partial charge on any atom is -0.459 e. The van der Waals surface area contributed by atoms with Crippen molar-refractivity contribution in [3.05, 3.63) is 76.4 Å². The summed E-state index contributed by atoms with van der Waals surface area (Å²) in [5.41, 5.74) is 2.46. The Bertz CT molecular complexity index is 976. The van der Waals surface area contributed by atoms with Gasteiger partial charge < -0.3 is 9.73 Å². The van der Waals surface area contributed by atoms with Crippen LogP contribution in [0.15, 0.2) is 69.7 Å². The molecule has 0 fully saturated rings. The Balaban J connectivity index is 1.64. The first-order chi connectivity index (χ1) is 13.1. The summed E-state index contributed by atoms with van der Waals surface area (Å²) in [4.78, 5) is 25.1. The van der Waals surface area contributed by atoms with Crippen LogP contribution < -0.4 is 5.32 Å². The highest BCUT2D eigenvalue weighted by Gasteiger charge is 2.35. The van der Waals surface area contributed by atoms with E-state index in [9.17, 15) is 9.59 Å². The molecular weight excluding hydrogens is 362 g/mol. The Morgan fingerprint density at radius 3 is 2.63 bits per heavy atom. The van der Waals surface area contributed by atoms with E-state index in [-0.39, 0.29) is 23.6 Å². The maximum atomic E-state index is 12.8. The van der Waals surface area contributed by atoms with E-state index in [4.69, 9.17) is 4.42 Å². The SMILES string of the molecule is CC(=O)Nc1ccc(C2=NN(C(=O)c3ccco3)[C@@H](c3cccs3)C2)cc1. The van der Waals surface area contributed by atoms with E-state index in [0.29, 0.717) is 6.42 Å². The van der Waals surface area contributed by atoms with Crippen molar-refractivity contribution in [2.75, 3.05) is 5.32 Å². The minimum atomic E-state index is -0.261. The number of anilines is 1.